The topological polar surface area (TPSA) is 38.5 Å². The number of benzene rings is 1. The fraction of sp³-hybridized carbons (Fsp3) is 0.625. The van der Waals surface area contributed by atoms with Crippen molar-refractivity contribution >= 4 is 5.69 Å². The van der Waals surface area contributed by atoms with Gasteiger partial charge in [-0.25, -0.2) is 0 Å². The molecule has 3 nitrogen and oxygen atoms in total. The molecule has 0 radical (unpaired) electrons. The molecular formula is C16H28N2O. The first kappa shape index (κ1) is 15.8. The minimum Gasteiger partial charge on any atom is -0.495 e. The van der Waals surface area contributed by atoms with Crippen molar-refractivity contribution < 1.29 is 4.74 Å². The van der Waals surface area contributed by atoms with Crippen molar-refractivity contribution in [3.63, 3.8) is 0 Å². The second kappa shape index (κ2) is 6.29. The summed E-state index contributed by atoms with van der Waals surface area (Å²) in [5, 5.41) is 0. The van der Waals surface area contributed by atoms with Crippen LogP contribution in [-0.2, 0) is 0 Å². The van der Waals surface area contributed by atoms with Crippen molar-refractivity contribution in [2.24, 2.45) is 5.73 Å². The molecule has 0 amide bonds. The molecule has 0 fully saturated rings. The lowest BCUT2D eigenvalue weighted by Gasteiger charge is -2.38. The van der Waals surface area contributed by atoms with E-state index < -0.39 is 0 Å². The van der Waals surface area contributed by atoms with Gasteiger partial charge in [-0.2, -0.15) is 0 Å². The van der Waals surface area contributed by atoms with Crippen molar-refractivity contribution in [2.45, 2.75) is 45.6 Å². The molecule has 0 aliphatic rings. The molecule has 0 heterocycles. The molecule has 0 spiro atoms. The molecule has 0 aliphatic carbocycles. The van der Waals surface area contributed by atoms with Gasteiger partial charge < -0.3 is 15.4 Å². The molecule has 1 aromatic rings. The van der Waals surface area contributed by atoms with Gasteiger partial charge in [0.25, 0.3) is 0 Å². The number of anilines is 1. The fourth-order valence-corrected chi connectivity index (χ4v) is 2.18. The van der Waals surface area contributed by atoms with Crippen LogP contribution in [-0.4, -0.2) is 26.2 Å². The third kappa shape index (κ3) is 3.63. The van der Waals surface area contributed by atoms with E-state index in [1.54, 1.807) is 7.11 Å². The van der Waals surface area contributed by atoms with Gasteiger partial charge >= 0.3 is 0 Å². The highest BCUT2D eigenvalue weighted by molar-refractivity contribution is 5.61. The highest BCUT2D eigenvalue weighted by Gasteiger charge is 2.25. The zero-order valence-electron chi connectivity index (χ0n) is 13.2. The van der Waals surface area contributed by atoms with Crippen LogP contribution < -0.4 is 15.4 Å². The van der Waals surface area contributed by atoms with Crippen LogP contribution in [0.3, 0.4) is 0 Å². The third-order valence-electron chi connectivity index (χ3n) is 3.90. The molecule has 108 valence electrons. The van der Waals surface area contributed by atoms with Gasteiger partial charge in [0, 0.05) is 12.6 Å². The zero-order valence-corrected chi connectivity index (χ0v) is 13.2. The quantitative estimate of drug-likeness (QED) is 0.856. The second-order valence-corrected chi connectivity index (χ2v) is 6.00. The fourth-order valence-electron chi connectivity index (χ4n) is 2.18. The van der Waals surface area contributed by atoms with Crippen molar-refractivity contribution in [2.75, 3.05) is 25.6 Å². The van der Waals surface area contributed by atoms with Gasteiger partial charge in [-0.15, -0.1) is 0 Å². The van der Waals surface area contributed by atoms with Crippen LogP contribution in [0.15, 0.2) is 18.2 Å². The van der Waals surface area contributed by atoms with Gasteiger partial charge in [-0.1, -0.05) is 19.9 Å². The van der Waals surface area contributed by atoms with Gasteiger partial charge in [0.05, 0.1) is 12.8 Å². The lowest BCUT2D eigenvalue weighted by molar-refractivity contribution is 0.403. The van der Waals surface area contributed by atoms with Crippen LogP contribution in [0.2, 0.25) is 0 Å². The minimum atomic E-state index is 0.0153. The Balaban J connectivity index is 3.12. The van der Waals surface area contributed by atoms with E-state index in [9.17, 15) is 0 Å². The Hall–Kier alpha value is -1.22. The Morgan fingerprint density at radius 1 is 1.32 bits per heavy atom. The monoisotopic (exact) mass is 264 g/mol. The van der Waals surface area contributed by atoms with E-state index in [0.29, 0.717) is 12.5 Å². The third-order valence-corrected chi connectivity index (χ3v) is 3.90. The summed E-state index contributed by atoms with van der Waals surface area (Å²) >= 11 is 0. The molecule has 0 atom stereocenters. The summed E-state index contributed by atoms with van der Waals surface area (Å²) in [5.74, 6) is 1.43. The van der Waals surface area contributed by atoms with Crippen LogP contribution in [0.5, 0.6) is 5.75 Å². The van der Waals surface area contributed by atoms with Crippen LogP contribution >= 0.6 is 0 Å². The Bertz CT molecular complexity index is 413. The van der Waals surface area contributed by atoms with Crippen molar-refractivity contribution in [3.8, 4) is 5.75 Å². The predicted molar refractivity (Wildman–Crippen MR) is 83.2 cm³/mol. The van der Waals surface area contributed by atoms with Crippen molar-refractivity contribution in [1.29, 1.82) is 0 Å². The predicted octanol–water partition coefficient (Wildman–Crippen LogP) is 3.38. The van der Waals surface area contributed by atoms with Crippen LogP contribution in [0.25, 0.3) is 0 Å². The highest BCUT2D eigenvalue weighted by Crippen LogP contribution is 2.35. The molecule has 0 aliphatic heterocycles. The average molecular weight is 264 g/mol. The van der Waals surface area contributed by atoms with E-state index >= 15 is 0 Å². The lowest BCUT2D eigenvalue weighted by atomic mass is 9.96. The summed E-state index contributed by atoms with van der Waals surface area (Å²) in [5.41, 5.74) is 8.14. The van der Waals surface area contributed by atoms with Gasteiger partial charge in [-0.3, -0.25) is 0 Å². The number of nitrogens with zero attached hydrogens (tertiary/aromatic N) is 1. The van der Waals surface area contributed by atoms with Gasteiger partial charge in [0.2, 0.25) is 0 Å². The van der Waals surface area contributed by atoms with E-state index in [-0.39, 0.29) is 5.54 Å². The summed E-state index contributed by atoms with van der Waals surface area (Å²) in [6.45, 7) is 9.47. The first-order chi connectivity index (χ1) is 8.83. The molecule has 0 unspecified atom stereocenters. The van der Waals surface area contributed by atoms with E-state index in [1.165, 1.54) is 5.56 Å². The first-order valence-corrected chi connectivity index (χ1v) is 6.95. The Labute approximate surface area is 117 Å². The molecule has 0 saturated heterocycles. The number of nitrogens with two attached hydrogens (primary N) is 1. The summed E-state index contributed by atoms with van der Waals surface area (Å²) in [6, 6.07) is 6.46. The summed E-state index contributed by atoms with van der Waals surface area (Å²) in [6.07, 6.45) is 0.943. The van der Waals surface area contributed by atoms with Gasteiger partial charge in [0.1, 0.15) is 5.75 Å². The van der Waals surface area contributed by atoms with Gasteiger partial charge in [0.15, 0.2) is 0 Å². The number of ether oxygens (including phenoxy) is 1. The van der Waals surface area contributed by atoms with E-state index in [2.05, 4.69) is 57.8 Å². The number of rotatable bonds is 6. The zero-order chi connectivity index (χ0) is 14.6. The summed E-state index contributed by atoms with van der Waals surface area (Å²) < 4.78 is 5.56. The average Bonchev–Trinajstić information content (AvgIpc) is 2.36. The van der Waals surface area contributed by atoms with Crippen molar-refractivity contribution in [3.05, 3.63) is 23.8 Å². The Kier molecular flexibility index (Phi) is 5.24. The molecular weight excluding hydrogens is 236 g/mol. The second-order valence-electron chi connectivity index (χ2n) is 6.00. The van der Waals surface area contributed by atoms with E-state index in [0.717, 1.165) is 17.9 Å². The Morgan fingerprint density at radius 2 is 1.95 bits per heavy atom. The maximum atomic E-state index is 5.71. The van der Waals surface area contributed by atoms with Crippen LogP contribution in [0.4, 0.5) is 5.69 Å². The maximum absolute atomic E-state index is 5.71. The van der Waals surface area contributed by atoms with E-state index in [4.69, 9.17) is 10.5 Å². The standard InChI is InChI=1S/C16H28N2O/c1-12(2)13-7-8-14(15(11-13)19-6)18(5)16(3,4)9-10-17/h7-8,11-12H,9-10,17H2,1-6H3. The molecule has 0 aromatic heterocycles. The molecule has 1 aromatic carbocycles. The lowest BCUT2D eigenvalue weighted by Crippen LogP contribution is -2.43. The number of methoxy groups -OCH3 is 1. The van der Waals surface area contributed by atoms with E-state index in [1.807, 2.05) is 0 Å². The molecule has 3 heteroatoms. The van der Waals surface area contributed by atoms with Crippen LogP contribution in [0, 0.1) is 0 Å². The van der Waals surface area contributed by atoms with Crippen LogP contribution in [0.1, 0.15) is 45.6 Å². The first-order valence-electron chi connectivity index (χ1n) is 6.95. The normalized spacial score (nSPS) is 11.8. The molecule has 2 N–H and O–H groups in total. The van der Waals surface area contributed by atoms with Crippen molar-refractivity contribution in [1.82, 2.24) is 0 Å². The molecule has 0 saturated carbocycles. The molecule has 19 heavy (non-hydrogen) atoms. The number of hydrogen-bond donors (Lipinski definition) is 1. The molecule has 0 bridgehead atoms. The Morgan fingerprint density at radius 3 is 2.42 bits per heavy atom. The molecule has 1 rings (SSSR count). The minimum absolute atomic E-state index is 0.0153. The maximum Gasteiger partial charge on any atom is 0.142 e. The SMILES string of the molecule is COc1cc(C(C)C)ccc1N(C)C(C)(C)CCN. The summed E-state index contributed by atoms with van der Waals surface area (Å²) in [4.78, 5) is 2.25. The summed E-state index contributed by atoms with van der Waals surface area (Å²) in [7, 11) is 3.83. The van der Waals surface area contributed by atoms with Gasteiger partial charge in [-0.05, 0) is 50.4 Å². The number of hydrogen-bond acceptors (Lipinski definition) is 3. The largest absolute Gasteiger partial charge is 0.495 e. The highest BCUT2D eigenvalue weighted by atomic mass is 16.5. The smallest absolute Gasteiger partial charge is 0.142 e.